The number of aromatic nitrogens is 2. The third-order valence-electron chi connectivity index (χ3n) is 3.24. The lowest BCUT2D eigenvalue weighted by molar-refractivity contribution is -0.0162. The molecule has 2 rings (SSSR count). The van der Waals surface area contributed by atoms with Crippen LogP contribution in [0.1, 0.15) is 25.3 Å². The van der Waals surface area contributed by atoms with Gasteiger partial charge in [-0.05, 0) is 26.3 Å². The van der Waals surface area contributed by atoms with Crippen molar-refractivity contribution >= 4 is 0 Å². The van der Waals surface area contributed by atoms with Gasteiger partial charge in [-0.1, -0.05) is 0 Å². The van der Waals surface area contributed by atoms with E-state index in [0.717, 1.165) is 31.5 Å². The van der Waals surface area contributed by atoms with Crippen molar-refractivity contribution in [3.8, 4) is 0 Å². The van der Waals surface area contributed by atoms with Crippen molar-refractivity contribution in [1.82, 2.24) is 15.3 Å². The number of nitrogens with one attached hydrogen (secondary N) is 1. The molecule has 1 saturated heterocycles. The van der Waals surface area contributed by atoms with Gasteiger partial charge in [0.05, 0.1) is 5.60 Å². The van der Waals surface area contributed by atoms with Crippen molar-refractivity contribution in [2.24, 2.45) is 5.92 Å². The molecule has 0 radical (unpaired) electrons. The van der Waals surface area contributed by atoms with Crippen LogP contribution < -0.4 is 5.32 Å². The summed E-state index contributed by atoms with van der Waals surface area (Å²) in [4.78, 5) is 7.91. The van der Waals surface area contributed by atoms with Crippen LogP contribution in [0.25, 0.3) is 0 Å². The largest absolute Gasteiger partial charge is 0.385 e. The second kappa shape index (κ2) is 4.24. The predicted molar refractivity (Wildman–Crippen MR) is 57.2 cm³/mol. The van der Waals surface area contributed by atoms with E-state index >= 15 is 0 Å². The van der Waals surface area contributed by atoms with Gasteiger partial charge in [-0.2, -0.15) is 0 Å². The van der Waals surface area contributed by atoms with E-state index in [1.54, 1.807) is 12.4 Å². The lowest BCUT2D eigenvalue weighted by Gasteiger charge is -2.35. The van der Waals surface area contributed by atoms with Crippen LogP contribution in [0.15, 0.2) is 18.7 Å². The molecule has 1 fully saturated rings. The third kappa shape index (κ3) is 2.16. The van der Waals surface area contributed by atoms with E-state index in [1.807, 2.05) is 6.92 Å². The Hall–Kier alpha value is -1.00. The standard InChI is InChI=1S/C11H17N3O/c1-11(15,9-3-2-4-12-5-9)10-6-13-8-14-7-10/h6-9,12,15H,2-5H2,1H3. The van der Waals surface area contributed by atoms with Gasteiger partial charge in [0.2, 0.25) is 0 Å². The second-order valence-electron chi connectivity index (χ2n) is 4.32. The molecule has 0 aromatic carbocycles. The van der Waals surface area contributed by atoms with E-state index in [9.17, 15) is 5.11 Å². The van der Waals surface area contributed by atoms with Gasteiger partial charge in [-0.3, -0.25) is 0 Å². The molecule has 0 spiro atoms. The van der Waals surface area contributed by atoms with Crippen LogP contribution in [0.3, 0.4) is 0 Å². The molecule has 82 valence electrons. The van der Waals surface area contributed by atoms with Crippen LogP contribution in [-0.4, -0.2) is 28.2 Å². The molecule has 1 aliphatic rings. The highest BCUT2D eigenvalue weighted by Crippen LogP contribution is 2.32. The van der Waals surface area contributed by atoms with Crippen LogP contribution in [-0.2, 0) is 5.60 Å². The minimum Gasteiger partial charge on any atom is -0.385 e. The zero-order valence-corrected chi connectivity index (χ0v) is 8.98. The maximum Gasteiger partial charge on any atom is 0.115 e. The average Bonchev–Trinajstić information content (AvgIpc) is 2.31. The van der Waals surface area contributed by atoms with Crippen LogP contribution in [0.5, 0.6) is 0 Å². The molecule has 2 unspecified atom stereocenters. The van der Waals surface area contributed by atoms with Crippen molar-refractivity contribution in [3.63, 3.8) is 0 Å². The Bertz CT molecular complexity index is 307. The molecule has 1 aromatic rings. The molecule has 0 saturated carbocycles. The summed E-state index contributed by atoms with van der Waals surface area (Å²) in [5.74, 6) is 0.247. The zero-order chi connectivity index (χ0) is 10.7. The molecule has 2 heterocycles. The molecular formula is C11H17N3O. The fraction of sp³-hybridized carbons (Fsp3) is 0.636. The summed E-state index contributed by atoms with van der Waals surface area (Å²) in [5, 5.41) is 13.8. The summed E-state index contributed by atoms with van der Waals surface area (Å²) in [7, 11) is 0. The topological polar surface area (TPSA) is 58.0 Å². The van der Waals surface area contributed by atoms with Crippen LogP contribution in [0.4, 0.5) is 0 Å². The van der Waals surface area contributed by atoms with E-state index in [0.29, 0.717) is 0 Å². The highest BCUT2D eigenvalue weighted by atomic mass is 16.3. The molecular weight excluding hydrogens is 190 g/mol. The Balaban J connectivity index is 2.18. The Morgan fingerprint density at radius 2 is 2.20 bits per heavy atom. The number of hydrogen-bond acceptors (Lipinski definition) is 4. The summed E-state index contributed by atoms with van der Waals surface area (Å²) in [6, 6.07) is 0. The number of rotatable bonds is 2. The first-order valence-electron chi connectivity index (χ1n) is 5.40. The first-order valence-corrected chi connectivity index (χ1v) is 5.40. The third-order valence-corrected chi connectivity index (χ3v) is 3.24. The first kappa shape index (κ1) is 10.5. The molecule has 0 bridgehead atoms. The second-order valence-corrected chi connectivity index (χ2v) is 4.32. The summed E-state index contributed by atoms with van der Waals surface area (Å²) in [6.45, 7) is 3.77. The van der Waals surface area contributed by atoms with Crippen molar-refractivity contribution in [3.05, 3.63) is 24.3 Å². The summed E-state index contributed by atoms with van der Waals surface area (Å²) < 4.78 is 0. The zero-order valence-electron chi connectivity index (χ0n) is 8.98. The normalized spacial score (nSPS) is 25.9. The summed E-state index contributed by atoms with van der Waals surface area (Å²) >= 11 is 0. The molecule has 0 aliphatic carbocycles. The SMILES string of the molecule is CC(O)(c1cncnc1)C1CCCNC1. The average molecular weight is 207 g/mol. The van der Waals surface area contributed by atoms with E-state index < -0.39 is 5.60 Å². The molecule has 4 heteroatoms. The van der Waals surface area contributed by atoms with Gasteiger partial charge in [0, 0.05) is 30.4 Å². The van der Waals surface area contributed by atoms with Gasteiger partial charge < -0.3 is 10.4 Å². The lowest BCUT2D eigenvalue weighted by Crippen LogP contribution is -2.42. The minimum atomic E-state index is -0.825. The maximum absolute atomic E-state index is 10.5. The molecule has 2 atom stereocenters. The fourth-order valence-corrected chi connectivity index (χ4v) is 2.13. The highest BCUT2D eigenvalue weighted by Gasteiger charge is 2.34. The molecule has 1 aromatic heterocycles. The van der Waals surface area contributed by atoms with Crippen molar-refractivity contribution in [2.45, 2.75) is 25.4 Å². The van der Waals surface area contributed by atoms with Gasteiger partial charge in [-0.15, -0.1) is 0 Å². The van der Waals surface area contributed by atoms with E-state index in [2.05, 4.69) is 15.3 Å². The first-order chi connectivity index (χ1) is 7.21. The Morgan fingerprint density at radius 1 is 1.47 bits per heavy atom. The quantitative estimate of drug-likeness (QED) is 0.749. The number of piperidine rings is 1. The maximum atomic E-state index is 10.5. The monoisotopic (exact) mass is 207 g/mol. The fourth-order valence-electron chi connectivity index (χ4n) is 2.13. The Kier molecular flexibility index (Phi) is 2.98. The molecule has 15 heavy (non-hydrogen) atoms. The van der Waals surface area contributed by atoms with E-state index in [4.69, 9.17) is 0 Å². The highest BCUT2D eigenvalue weighted by molar-refractivity contribution is 5.15. The van der Waals surface area contributed by atoms with Crippen LogP contribution >= 0.6 is 0 Å². The number of nitrogens with zero attached hydrogens (tertiary/aromatic N) is 2. The van der Waals surface area contributed by atoms with E-state index in [1.165, 1.54) is 6.33 Å². The van der Waals surface area contributed by atoms with Crippen molar-refractivity contribution in [2.75, 3.05) is 13.1 Å². The van der Waals surface area contributed by atoms with Crippen molar-refractivity contribution < 1.29 is 5.11 Å². The minimum absolute atomic E-state index is 0.247. The van der Waals surface area contributed by atoms with Crippen LogP contribution in [0, 0.1) is 5.92 Å². The van der Waals surface area contributed by atoms with Gasteiger partial charge in [0.25, 0.3) is 0 Å². The Labute approximate surface area is 89.8 Å². The van der Waals surface area contributed by atoms with Gasteiger partial charge in [0.1, 0.15) is 6.33 Å². The Morgan fingerprint density at radius 3 is 2.80 bits per heavy atom. The molecule has 2 N–H and O–H groups in total. The number of aliphatic hydroxyl groups is 1. The van der Waals surface area contributed by atoms with Crippen LogP contribution in [0.2, 0.25) is 0 Å². The molecule has 1 aliphatic heterocycles. The molecule has 4 nitrogen and oxygen atoms in total. The number of hydrogen-bond donors (Lipinski definition) is 2. The lowest BCUT2D eigenvalue weighted by atomic mass is 9.80. The van der Waals surface area contributed by atoms with Gasteiger partial charge in [-0.25, -0.2) is 9.97 Å². The van der Waals surface area contributed by atoms with Gasteiger partial charge >= 0.3 is 0 Å². The molecule has 0 amide bonds. The van der Waals surface area contributed by atoms with Crippen molar-refractivity contribution in [1.29, 1.82) is 0 Å². The van der Waals surface area contributed by atoms with E-state index in [-0.39, 0.29) is 5.92 Å². The smallest absolute Gasteiger partial charge is 0.115 e. The van der Waals surface area contributed by atoms with Gasteiger partial charge in [0.15, 0.2) is 0 Å². The predicted octanol–water partition coefficient (Wildman–Crippen LogP) is 0.684. The summed E-state index contributed by atoms with van der Waals surface area (Å²) in [5.41, 5.74) is -0.0204. The summed E-state index contributed by atoms with van der Waals surface area (Å²) in [6.07, 6.45) is 7.05.